The van der Waals surface area contributed by atoms with Gasteiger partial charge in [-0.05, 0) is 76.7 Å². The summed E-state index contributed by atoms with van der Waals surface area (Å²) in [5.41, 5.74) is -2.32. The molecule has 0 bridgehead atoms. The number of methoxy groups -OCH3 is 1. The van der Waals surface area contributed by atoms with Crippen molar-refractivity contribution in [2.24, 2.45) is 0 Å². The van der Waals surface area contributed by atoms with Crippen LogP contribution in [0.25, 0.3) is 6.08 Å². The summed E-state index contributed by atoms with van der Waals surface area (Å²) in [6, 6.07) is 7.52. The van der Waals surface area contributed by atoms with Gasteiger partial charge in [0, 0.05) is 6.07 Å². The summed E-state index contributed by atoms with van der Waals surface area (Å²) in [5, 5.41) is 13.8. The molecule has 0 aliphatic carbocycles. The smallest absolute Gasteiger partial charge is 0.416 e. The minimum absolute atomic E-state index is 0.0287. The number of halogens is 6. The Balaban J connectivity index is 1.72. The monoisotopic (exact) mass is 721 g/mol. The quantitative estimate of drug-likeness (QED) is 0.0956. The molecule has 212 valence electrons. The second kappa shape index (κ2) is 11.5. The topological polar surface area (TPSA) is 128 Å². The molecule has 0 atom stereocenters. The molecule has 3 aromatic rings. The summed E-state index contributed by atoms with van der Waals surface area (Å²) in [6.07, 6.45) is -3.64. The molecule has 1 N–H and O–H groups in total. The number of ether oxygens (including phenoxy) is 2. The molecule has 41 heavy (non-hydrogen) atoms. The van der Waals surface area contributed by atoms with E-state index in [0.29, 0.717) is 17.0 Å². The van der Waals surface area contributed by atoms with E-state index >= 15 is 0 Å². The van der Waals surface area contributed by atoms with Crippen molar-refractivity contribution in [2.45, 2.75) is 6.18 Å². The van der Waals surface area contributed by atoms with Gasteiger partial charge >= 0.3 is 17.9 Å². The van der Waals surface area contributed by atoms with Gasteiger partial charge in [-0.3, -0.25) is 25.0 Å². The molecular formula is C25H13Cl2F3IN3O7. The van der Waals surface area contributed by atoms with Crippen LogP contribution in [0.2, 0.25) is 10.0 Å². The van der Waals surface area contributed by atoms with Crippen molar-refractivity contribution in [3.05, 3.63) is 89.0 Å². The normalized spacial score (nSPS) is 14.8. The fourth-order valence-corrected chi connectivity index (χ4v) is 4.67. The largest absolute Gasteiger partial charge is 0.493 e. The zero-order valence-electron chi connectivity index (χ0n) is 20.2. The van der Waals surface area contributed by atoms with E-state index in [-0.39, 0.29) is 36.4 Å². The molecule has 4 rings (SSSR count). The second-order valence-corrected chi connectivity index (χ2v) is 10.1. The summed E-state index contributed by atoms with van der Waals surface area (Å²) in [4.78, 5) is 49.4. The van der Waals surface area contributed by atoms with Crippen LogP contribution in [0.1, 0.15) is 11.1 Å². The van der Waals surface area contributed by atoms with Crippen LogP contribution in [0.3, 0.4) is 0 Å². The molecule has 0 unspecified atom stereocenters. The van der Waals surface area contributed by atoms with Gasteiger partial charge in [-0.1, -0.05) is 23.2 Å². The summed E-state index contributed by atoms with van der Waals surface area (Å²) >= 11 is 13.7. The number of amides is 4. The number of nitrogens with one attached hydrogen (secondary N) is 1. The Hall–Kier alpha value is -3.89. The maximum atomic E-state index is 13.2. The van der Waals surface area contributed by atoms with Crippen molar-refractivity contribution in [1.82, 2.24) is 5.32 Å². The molecule has 0 saturated carbocycles. The van der Waals surface area contributed by atoms with E-state index < -0.39 is 51.5 Å². The maximum absolute atomic E-state index is 13.2. The number of imide groups is 2. The third kappa shape index (κ3) is 6.23. The van der Waals surface area contributed by atoms with Crippen LogP contribution in [0.15, 0.2) is 54.1 Å². The highest BCUT2D eigenvalue weighted by molar-refractivity contribution is 14.1. The van der Waals surface area contributed by atoms with E-state index in [1.54, 1.807) is 22.6 Å². The van der Waals surface area contributed by atoms with Crippen LogP contribution >= 0.6 is 45.8 Å². The number of urea groups is 1. The van der Waals surface area contributed by atoms with Gasteiger partial charge in [-0.2, -0.15) is 13.2 Å². The van der Waals surface area contributed by atoms with E-state index in [2.05, 4.69) is 5.32 Å². The van der Waals surface area contributed by atoms with Gasteiger partial charge in [-0.25, -0.2) is 9.69 Å². The molecule has 10 nitrogen and oxygen atoms in total. The maximum Gasteiger partial charge on any atom is 0.416 e. The molecule has 1 fully saturated rings. The van der Waals surface area contributed by atoms with Crippen LogP contribution in [-0.2, 0) is 15.8 Å². The molecule has 0 spiro atoms. The lowest BCUT2D eigenvalue weighted by Crippen LogP contribution is -2.54. The fraction of sp³-hybridized carbons (Fsp3) is 0.0800. The van der Waals surface area contributed by atoms with Crippen molar-refractivity contribution >= 4 is 81.1 Å². The number of barbiturate groups is 1. The average molecular weight is 722 g/mol. The Morgan fingerprint density at radius 3 is 2.34 bits per heavy atom. The summed E-state index contributed by atoms with van der Waals surface area (Å²) in [6.45, 7) is 0. The summed E-state index contributed by atoms with van der Waals surface area (Å²) in [7, 11) is 1.24. The second-order valence-electron chi connectivity index (χ2n) is 8.13. The van der Waals surface area contributed by atoms with Gasteiger partial charge in [0.25, 0.3) is 11.8 Å². The number of nitro groups is 1. The number of alkyl halides is 3. The SMILES string of the molecule is COc1cc(/C=C2\C(=O)NC(=O)N(c3ccc(Cl)c(Cl)c3)C2=O)cc(I)c1Oc1ccc(C(F)(F)F)cc1[N+](=O)[O-]. The van der Waals surface area contributed by atoms with Crippen molar-refractivity contribution in [3.63, 3.8) is 0 Å². The highest BCUT2D eigenvalue weighted by atomic mass is 127. The molecule has 0 radical (unpaired) electrons. The molecule has 1 aliphatic heterocycles. The lowest BCUT2D eigenvalue weighted by atomic mass is 10.1. The molecule has 4 amide bonds. The van der Waals surface area contributed by atoms with Crippen LogP contribution in [0.4, 0.5) is 29.3 Å². The predicted octanol–water partition coefficient (Wildman–Crippen LogP) is 6.99. The molecule has 1 heterocycles. The van der Waals surface area contributed by atoms with E-state index in [9.17, 15) is 37.7 Å². The molecule has 3 aromatic carbocycles. The van der Waals surface area contributed by atoms with Gasteiger partial charge < -0.3 is 9.47 Å². The minimum Gasteiger partial charge on any atom is -0.493 e. The third-order valence-electron chi connectivity index (χ3n) is 5.52. The van der Waals surface area contributed by atoms with Crippen LogP contribution in [0, 0.1) is 13.7 Å². The number of hydrogen-bond donors (Lipinski definition) is 1. The highest BCUT2D eigenvalue weighted by Crippen LogP contribution is 2.42. The number of nitro benzene ring substituents is 1. The van der Waals surface area contributed by atoms with Gasteiger partial charge in [-0.15, -0.1) is 0 Å². The van der Waals surface area contributed by atoms with Crippen LogP contribution in [0.5, 0.6) is 17.2 Å². The molecular weight excluding hydrogens is 709 g/mol. The van der Waals surface area contributed by atoms with Gasteiger partial charge in [0.1, 0.15) is 5.57 Å². The van der Waals surface area contributed by atoms with E-state index in [1.165, 1.54) is 43.5 Å². The first-order chi connectivity index (χ1) is 19.2. The Morgan fingerprint density at radius 1 is 1.02 bits per heavy atom. The van der Waals surface area contributed by atoms with E-state index in [0.717, 1.165) is 6.07 Å². The number of nitrogens with zero attached hydrogens (tertiary/aromatic N) is 2. The molecule has 1 saturated heterocycles. The zero-order valence-corrected chi connectivity index (χ0v) is 23.9. The predicted molar refractivity (Wildman–Crippen MR) is 149 cm³/mol. The number of carbonyl (C=O) groups excluding carboxylic acids is 3. The Labute approximate surface area is 251 Å². The van der Waals surface area contributed by atoms with Crippen molar-refractivity contribution in [2.75, 3.05) is 12.0 Å². The standard InChI is InChI=1S/C25H13Cl2F3IN3O7/c1-40-20-8-11(6-14-22(35)32-24(37)33(23(14)36)13-3-4-15(26)16(27)10-13)7-17(31)21(20)41-19-5-2-12(25(28,29)30)9-18(19)34(38)39/h2-10H,1H3,(H,32,35,37)/b14-6+. The minimum atomic E-state index is -4.81. The lowest BCUT2D eigenvalue weighted by Gasteiger charge is -2.26. The van der Waals surface area contributed by atoms with Crippen LogP contribution < -0.4 is 19.7 Å². The first kappa shape index (κ1) is 30.1. The van der Waals surface area contributed by atoms with Crippen molar-refractivity contribution in [1.29, 1.82) is 0 Å². The number of hydrogen-bond acceptors (Lipinski definition) is 7. The average Bonchev–Trinajstić information content (AvgIpc) is 2.89. The lowest BCUT2D eigenvalue weighted by molar-refractivity contribution is -0.385. The Morgan fingerprint density at radius 2 is 1.73 bits per heavy atom. The van der Waals surface area contributed by atoms with E-state index in [1.807, 2.05) is 0 Å². The molecule has 0 aromatic heterocycles. The number of anilines is 1. The van der Waals surface area contributed by atoms with Gasteiger partial charge in [0.05, 0.1) is 36.9 Å². The van der Waals surface area contributed by atoms with Crippen molar-refractivity contribution < 1.29 is 42.0 Å². The Bertz CT molecular complexity index is 1660. The summed E-state index contributed by atoms with van der Waals surface area (Å²) in [5.74, 6) is -2.54. The van der Waals surface area contributed by atoms with E-state index in [4.69, 9.17) is 32.7 Å². The summed E-state index contributed by atoms with van der Waals surface area (Å²) < 4.78 is 50.4. The fourth-order valence-electron chi connectivity index (χ4n) is 3.64. The van der Waals surface area contributed by atoms with Gasteiger partial charge in [0.2, 0.25) is 5.75 Å². The Kier molecular flexibility index (Phi) is 8.46. The first-order valence-electron chi connectivity index (χ1n) is 11.0. The number of benzene rings is 3. The first-order valence-corrected chi connectivity index (χ1v) is 12.8. The van der Waals surface area contributed by atoms with Gasteiger partial charge in [0.15, 0.2) is 11.5 Å². The number of carbonyl (C=O) groups is 3. The third-order valence-corrected chi connectivity index (χ3v) is 7.06. The number of rotatable bonds is 6. The zero-order chi connectivity index (χ0) is 30.2. The van der Waals surface area contributed by atoms with Crippen molar-refractivity contribution in [3.8, 4) is 17.2 Å². The highest BCUT2D eigenvalue weighted by Gasteiger charge is 2.37. The molecule has 1 aliphatic rings. The van der Waals surface area contributed by atoms with Crippen LogP contribution in [-0.4, -0.2) is 29.9 Å². The molecule has 16 heteroatoms.